The smallest absolute Gasteiger partial charge is 0.793 e. The predicted molar refractivity (Wildman–Crippen MR) is 540 cm³/mol. The average Bonchev–Trinajstić information content (AvgIpc) is 1.68. The van der Waals surface area contributed by atoms with Gasteiger partial charge in [0.1, 0.15) is 34.9 Å². The molecule has 49 heteroatoms. The molecule has 20 rings (SSSR count). The first-order chi connectivity index (χ1) is 69.5. The van der Waals surface area contributed by atoms with Crippen LogP contribution in [0.25, 0.3) is 44.1 Å². The molecule has 3 radical (unpaired) electrons. The van der Waals surface area contributed by atoms with Gasteiger partial charge in [-0.05, 0) is 131 Å². The summed E-state index contributed by atoms with van der Waals surface area (Å²) in [6.07, 6.45) is 11.3. The molecule has 4 aliphatic heterocycles. The Labute approximate surface area is 889 Å². The zero-order chi connectivity index (χ0) is 102. The number of benzene rings is 4. The Morgan fingerprint density at radius 2 is 0.745 bits per heavy atom. The van der Waals surface area contributed by atoms with Gasteiger partial charge >= 0.3 is 41.5 Å². The van der Waals surface area contributed by atoms with Crippen LogP contribution in [0.15, 0.2) is 213 Å². The van der Waals surface area contributed by atoms with E-state index in [1.807, 2.05) is 102 Å². The summed E-state index contributed by atoms with van der Waals surface area (Å²) in [6, 6.07) is 43.5. The number of carbonyl (C=O) groups is 8. The van der Waals surface area contributed by atoms with Gasteiger partial charge in [0.2, 0.25) is 52.6 Å². The number of aldehydes is 1. The van der Waals surface area contributed by atoms with Gasteiger partial charge in [-0.2, -0.15) is 0 Å². The van der Waals surface area contributed by atoms with Crippen LogP contribution < -0.4 is 56.1 Å². The average molecular weight is 2100 g/mol. The van der Waals surface area contributed by atoms with E-state index in [9.17, 15) is 61.0 Å². The first kappa shape index (κ1) is 120. The van der Waals surface area contributed by atoms with Crippen molar-refractivity contribution in [1.29, 1.82) is 0 Å². The zero-order valence-corrected chi connectivity index (χ0v) is 85.0. The van der Waals surface area contributed by atoms with E-state index >= 15 is 0 Å². The number of aromatic nitrogens is 16. The third-order valence-corrected chi connectivity index (χ3v) is 22.3. The Morgan fingerprint density at radius 1 is 0.443 bits per heavy atom. The number of aromatic amines is 4. The van der Waals surface area contributed by atoms with Crippen molar-refractivity contribution in [3.8, 4) is 0 Å². The molecule has 4 aromatic carbocycles. The molecule has 0 bridgehead atoms. The number of nitrogens with zero attached hydrogens (tertiary/aromatic N) is 16. The number of H-pyrrole nitrogens is 4. The maximum absolute atomic E-state index is 13.6. The second-order valence-electron chi connectivity index (χ2n) is 33.4. The molecule has 4 fully saturated rings. The van der Waals surface area contributed by atoms with Crippen LogP contribution in [0.4, 0.5) is 17.6 Å². The van der Waals surface area contributed by atoms with Gasteiger partial charge in [-0.25, -0.2) is 76.8 Å². The zero-order valence-electron chi connectivity index (χ0n) is 81.3. The number of fused-ring (bicyclic) bond motifs is 4. The van der Waals surface area contributed by atoms with Crippen molar-refractivity contribution in [1.82, 2.24) is 126 Å². The Balaban J connectivity index is 0.000000218. The molecule has 4 saturated heterocycles. The van der Waals surface area contributed by atoms with Crippen molar-refractivity contribution in [2.75, 3.05) is 58.9 Å². The number of halogens is 6. The van der Waals surface area contributed by atoms with Crippen LogP contribution in [0.3, 0.4) is 0 Å². The molecule has 0 aliphatic carbocycles. The van der Waals surface area contributed by atoms with Crippen LogP contribution in [-0.4, -0.2) is 231 Å². The van der Waals surface area contributed by atoms with E-state index in [0.717, 1.165) is 129 Å². The fourth-order valence-corrected chi connectivity index (χ4v) is 14.9. The standard InChI is InChI=1S/C21H19FN6O3.2C21H19FN6O2.C13H13FN4O2.C8H6N2O.C8H19N.C4H6O4.C2H3BO2.2CH4.2ClH.Na/c22-13-4-3-7-23-16(13)8-24-19(29)17-9-25-20(31-17)12-10-28(11-12)21(30)18-26-14-5-1-2-6-15(14)27-18;2*22-14-4-3-7-23-17(14)8-24-20(29)18-9-25-21(30-18)13-10-28(11-13)12-19-26-15-5-1-2-6-16(15)27-19;14-9-2-1-3-16-10(9)6-17-12(19)11-7-18-13(20-11)8-4-15-5-8;11-5-8-9-6-3-1-2-4-7(6)10-8;1-6-9(7(2)3)8(4)5;1-3(5)7-8-4(2)6;1-2(4)5-3;;;;;/h1-7,9,12,21,30H,8,10-11H2,(H,24,29)(H,26,27);2*1-7,9,13H,8,10-12H2,(H,24,29)(H,26,27);1-3,7-8,15H,4-6H2,(H,17,19);1-5H,(H,9,10);7-8H,6H2,1-5H3;1-2H3;1H3;2*1H4;2*1H;/q;;;;;;;-1;;;;;+1. The number of likely N-dealkylation sites (tertiary alicyclic amines) is 3. The minimum absolute atomic E-state index is 0. The number of rotatable bonds is 26. The summed E-state index contributed by atoms with van der Waals surface area (Å²) in [5, 5.41) is 24.0. The first-order valence-electron chi connectivity index (χ1n) is 45.6. The molecule has 781 valence electrons. The van der Waals surface area contributed by atoms with E-state index < -0.39 is 71.0 Å². The number of para-hydroxylation sites is 8. The Bertz CT molecular complexity index is 6670. The van der Waals surface area contributed by atoms with E-state index in [4.69, 9.17) is 17.7 Å². The van der Waals surface area contributed by atoms with Crippen LogP contribution >= 0.6 is 24.8 Å². The number of nitrogens with one attached hydrogen (secondary N) is 9. The van der Waals surface area contributed by atoms with Crippen LogP contribution in [0.1, 0.15) is 217 Å². The molecule has 10 N–H and O–H groups in total. The molecule has 0 saturated carbocycles. The number of imidazole rings is 4. The van der Waals surface area contributed by atoms with Crippen LogP contribution in [0.5, 0.6) is 0 Å². The van der Waals surface area contributed by atoms with Crippen molar-refractivity contribution in [2.24, 2.45) is 0 Å². The Kier molecular flexibility index (Phi) is 47.1. The van der Waals surface area contributed by atoms with E-state index in [-0.39, 0.29) is 165 Å². The second kappa shape index (κ2) is 58.7. The van der Waals surface area contributed by atoms with Crippen LogP contribution in [0, 0.1) is 23.3 Å². The maximum atomic E-state index is 13.6. The number of hydrogen-bond donors (Lipinski definition) is 10. The number of pyridine rings is 4. The van der Waals surface area contributed by atoms with Gasteiger partial charge in [-0.15, -0.1) is 24.8 Å². The molecular weight excluding hydrogens is 1990 g/mol. The van der Waals surface area contributed by atoms with Gasteiger partial charge in [0, 0.05) is 110 Å². The van der Waals surface area contributed by atoms with Gasteiger partial charge in [-0.3, -0.25) is 68.3 Å². The fourth-order valence-electron chi connectivity index (χ4n) is 14.9. The van der Waals surface area contributed by atoms with Crippen molar-refractivity contribution < 1.29 is 123 Å². The third kappa shape index (κ3) is 34.4. The normalized spacial score (nSPS) is 13.3. The van der Waals surface area contributed by atoms with Gasteiger partial charge in [0.15, 0.2) is 24.2 Å². The molecule has 4 aliphatic rings. The SMILES string of the molecule is C.C.CC(=O)OOC(C)=O.CCN(C(C)C)C(C)C.Cl.Cl.O=C(NCc1ncccc1F)c1cnc(C2CN(C(O)c3nc4ccccc4[nH]3)C2)o1.O=C(NCc1ncccc1F)c1cnc(C2CN(Cc3nc4ccccc4[nH]3)C2)o1.O=C(NCc1ncccc1F)c1cnc(C2CN(Cc3nc4ccccc4[nH]3)C2)o1.O=C(NCc1ncccc1F)c1cnc(C2CNC2)o1.O=Cc1nc2ccccc2[nH]1.[B-]OC(C)=O.[Na+]. The summed E-state index contributed by atoms with van der Waals surface area (Å²) in [6.45, 7) is 22.9. The number of oxazole rings is 4. The summed E-state index contributed by atoms with van der Waals surface area (Å²) in [5.41, 5.74) is 8.02. The Morgan fingerprint density at radius 3 is 1.01 bits per heavy atom. The molecule has 16 aromatic rings. The Hall–Kier alpha value is -14.7. The molecular formula is C100H114BCl2F4N25NaO16. The number of aliphatic hydroxyl groups is 1. The fraction of sp³-hybridized carbons (Fsp3) is 0.320. The molecule has 12 aromatic heterocycles. The summed E-state index contributed by atoms with van der Waals surface area (Å²) in [7, 11) is 4.32. The van der Waals surface area contributed by atoms with E-state index in [0.29, 0.717) is 66.7 Å². The van der Waals surface area contributed by atoms with Gasteiger partial charge < -0.3 is 82.0 Å². The molecule has 1 atom stereocenters. The first-order valence-corrected chi connectivity index (χ1v) is 45.6. The molecule has 0 spiro atoms. The maximum Gasteiger partial charge on any atom is 1.00 e. The largest absolute Gasteiger partial charge is 1.00 e. The minimum atomic E-state index is -0.866. The number of carbonyl (C=O) groups excluding carboxylic acids is 8. The van der Waals surface area contributed by atoms with Gasteiger partial charge in [-0.1, -0.05) is 70.3 Å². The van der Waals surface area contributed by atoms with Gasteiger partial charge in [0.25, 0.3) is 23.6 Å². The second-order valence-corrected chi connectivity index (χ2v) is 33.4. The van der Waals surface area contributed by atoms with Crippen molar-refractivity contribution in [3.05, 3.63) is 311 Å². The van der Waals surface area contributed by atoms with Crippen molar-refractivity contribution in [2.45, 2.75) is 151 Å². The third-order valence-electron chi connectivity index (χ3n) is 22.3. The number of amides is 4. The summed E-state index contributed by atoms with van der Waals surface area (Å²) in [5.74, 6) is 0.133. The van der Waals surface area contributed by atoms with Crippen molar-refractivity contribution >= 4 is 125 Å². The van der Waals surface area contributed by atoms with E-state index in [1.165, 1.54) is 105 Å². The quantitative estimate of drug-likeness (QED) is 0.00791. The topological polar surface area (TPSA) is 528 Å². The molecule has 16 heterocycles. The number of hydrogen-bond acceptors (Lipinski definition) is 33. The predicted octanol–water partition coefficient (Wildman–Crippen LogP) is 10.4. The number of aliphatic hydroxyl groups excluding tert-OH is 1. The van der Waals surface area contributed by atoms with E-state index in [2.05, 4.69) is 178 Å². The molecule has 4 amide bonds. The van der Waals surface area contributed by atoms with E-state index in [1.54, 1.807) is 0 Å². The molecule has 149 heavy (non-hydrogen) atoms. The summed E-state index contributed by atoms with van der Waals surface area (Å²) in [4.78, 5) is 167. The summed E-state index contributed by atoms with van der Waals surface area (Å²) >= 11 is 0. The molecule has 41 nitrogen and oxygen atoms in total. The minimum Gasteiger partial charge on any atom is -0.793 e. The van der Waals surface area contributed by atoms with Crippen molar-refractivity contribution in [3.63, 3.8) is 0 Å². The van der Waals surface area contributed by atoms with Crippen LogP contribution in [0.2, 0.25) is 0 Å². The van der Waals surface area contributed by atoms with Gasteiger partial charge in [0.05, 0.1) is 155 Å². The molecule has 1 unspecified atom stereocenters. The summed E-state index contributed by atoms with van der Waals surface area (Å²) < 4.78 is 80.0. The monoisotopic (exact) mass is 2100 g/mol. The van der Waals surface area contributed by atoms with Crippen LogP contribution in [-0.2, 0) is 68.1 Å².